The lowest BCUT2D eigenvalue weighted by atomic mass is 9.88. The smallest absolute Gasteiger partial charge is 0.329 e. The van der Waals surface area contributed by atoms with Crippen LogP contribution in [-0.4, -0.2) is 117 Å². The van der Waals surface area contributed by atoms with Crippen LogP contribution in [0.15, 0.2) is 0 Å². The molecule has 2 bridgehead atoms. The van der Waals surface area contributed by atoms with Gasteiger partial charge in [-0.1, -0.05) is 0 Å². The first-order valence-corrected chi connectivity index (χ1v) is 9.31. The molecule has 0 aliphatic carbocycles. The van der Waals surface area contributed by atoms with Crippen LogP contribution in [0.3, 0.4) is 0 Å². The minimum atomic E-state index is -1.28. The SMILES string of the molecule is CC(=O)N[C@H]1[C@H]2OC[C@](COCCOCCOCCOCC(=O)O)(O2)[C@H](O)[C@@H]1O. The summed E-state index contributed by atoms with van der Waals surface area (Å²) < 4.78 is 32.0. The van der Waals surface area contributed by atoms with Gasteiger partial charge in [0.05, 0.1) is 52.9 Å². The number of aliphatic hydroxyl groups is 2. The van der Waals surface area contributed by atoms with E-state index in [1.807, 2.05) is 0 Å². The number of hydrogen-bond donors (Lipinski definition) is 4. The van der Waals surface area contributed by atoms with Gasteiger partial charge in [-0.25, -0.2) is 4.79 Å². The first-order valence-electron chi connectivity index (χ1n) is 9.31. The third kappa shape index (κ3) is 7.12. The van der Waals surface area contributed by atoms with E-state index in [1.165, 1.54) is 6.92 Å². The van der Waals surface area contributed by atoms with Crippen LogP contribution >= 0.6 is 0 Å². The van der Waals surface area contributed by atoms with E-state index < -0.39 is 36.1 Å². The lowest BCUT2D eigenvalue weighted by Gasteiger charge is -2.42. The number of aliphatic carboxylic acids is 1. The van der Waals surface area contributed by atoms with Crippen molar-refractivity contribution in [1.82, 2.24) is 5.32 Å². The molecular formula is C17H29NO11. The van der Waals surface area contributed by atoms with Gasteiger partial charge in [-0.3, -0.25) is 4.79 Å². The topological polar surface area (TPSA) is 162 Å². The lowest BCUT2D eigenvalue weighted by Crippen LogP contribution is -2.66. The molecule has 12 nitrogen and oxygen atoms in total. The summed E-state index contributed by atoms with van der Waals surface area (Å²) in [7, 11) is 0. The minimum absolute atomic E-state index is 0.00467. The maximum absolute atomic E-state index is 11.2. The predicted octanol–water partition coefficient (Wildman–Crippen LogP) is -2.51. The molecule has 4 N–H and O–H groups in total. The van der Waals surface area contributed by atoms with Crippen molar-refractivity contribution < 1.29 is 53.3 Å². The second-order valence-corrected chi connectivity index (χ2v) is 6.75. The standard InChI is InChI=1S/C17H29NO11/c1-11(19)18-13-14(22)15(23)17(10-28-16(13)29-17)9-27-7-5-25-3-2-24-4-6-26-8-12(20)21/h13-16,22-23H,2-10H2,1H3,(H,18,19)(H,20,21)/t13-,14-,15-,16+,17+/m1/s1. The zero-order valence-electron chi connectivity index (χ0n) is 16.3. The zero-order valence-corrected chi connectivity index (χ0v) is 16.3. The number of amides is 1. The molecule has 2 heterocycles. The molecule has 0 aromatic heterocycles. The summed E-state index contributed by atoms with van der Waals surface area (Å²) in [5, 5.41) is 31.6. The van der Waals surface area contributed by atoms with Gasteiger partial charge in [0, 0.05) is 6.92 Å². The fourth-order valence-corrected chi connectivity index (χ4v) is 3.03. The summed E-state index contributed by atoms with van der Waals surface area (Å²) in [4.78, 5) is 21.5. The van der Waals surface area contributed by atoms with Gasteiger partial charge in [0.2, 0.25) is 5.91 Å². The maximum Gasteiger partial charge on any atom is 0.329 e. The number of aliphatic hydroxyl groups excluding tert-OH is 2. The molecule has 0 aromatic carbocycles. The van der Waals surface area contributed by atoms with Crippen molar-refractivity contribution in [3.63, 3.8) is 0 Å². The Labute approximate surface area is 168 Å². The summed E-state index contributed by atoms with van der Waals surface area (Å²) >= 11 is 0. The van der Waals surface area contributed by atoms with Gasteiger partial charge in [0.15, 0.2) is 6.29 Å². The molecule has 0 saturated carbocycles. The molecule has 2 aliphatic heterocycles. The van der Waals surface area contributed by atoms with Crippen molar-refractivity contribution in [1.29, 1.82) is 0 Å². The van der Waals surface area contributed by atoms with E-state index in [2.05, 4.69) is 5.32 Å². The molecule has 168 valence electrons. The Kier molecular flexibility index (Phi) is 9.65. The maximum atomic E-state index is 11.2. The van der Waals surface area contributed by atoms with Crippen molar-refractivity contribution in [3.05, 3.63) is 0 Å². The van der Waals surface area contributed by atoms with Gasteiger partial charge < -0.3 is 49.1 Å². The Hall–Kier alpha value is -1.38. The van der Waals surface area contributed by atoms with Crippen LogP contribution in [0.25, 0.3) is 0 Å². The largest absolute Gasteiger partial charge is 0.480 e. The first-order chi connectivity index (χ1) is 13.9. The summed E-state index contributed by atoms with van der Waals surface area (Å²) in [6.45, 7) is 2.61. The quantitative estimate of drug-likeness (QED) is 0.218. The minimum Gasteiger partial charge on any atom is -0.480 e. The zero-order chi connectivity index (χ0) is 21.3. The van der Waals surface area contributed by atoms with Crippen molar-refractivity contribution in [2.24, 2.45) is 0 Å². The Bertz CT molecular complexity index is 534. The van der Waals surface area contributed by atoms with Crippen LogP contribution in [0.4, 0.5) is 0 Å². The lowest BCUT2D eigenvalue weighted by molar-refractivity contribution is -0.238. The molecule has 29 heavy (non-hydrogen) atoms. The second-order valence-electron chi connectivity index (χ2n) is 6.75. The molecule has 2 saturated heterocycles. The Morgan fingerprint density at radius 2 is 1.62 bits per heavy atom. The number of carboxylic acid groups (broad SMARTS) is 1. The van der Waals surface area contributed by atoms with Crippen molar-refractivity contribution >= 4 is 11.9 Å². The number of nitrogens with one attached hydrogen (secondary N) is 1. The number of carbonyl (C=O) groups is 2. The van der Waals surface area contributed by atoms with Gasteiger partial charge in [0.1, 0.15) is 30.5 Å². The molecular weight excluding hydrogens is 394 g/mol. The number of carboxylic acids is 1. The van der Waals surface area contributed by atoms with Crippen molar-refractivity contribution in [3.8, 4) is 0 Å². The first kappa shape index (κ1) is 23.9. The van der Waals surface area contributed by atoms with Gasteiger partial charge in [0.25, 0.3) is 0 Å². The molecule has 0 aromatic rings. The van der Waals surface area contributed by atoms with Gasteiger partial charge in [-0.15, -0.1) is 0 Å². The molecule has 12 heteroatoms. The highest BCUT2D eigenvalue weighted by Gasteiger charge is 2.59. The average molecular weight is 423 g/mol. The normalized spacial score (nSPS) is 31.0. The summed E-state index contributed by atoms with van der Waals surface area (Å²) in [5.41, 5.74) is -1.20. The highest BCUT2D eigenvalue weighted by atomic mass is 16.8. The highest BCUT2D eigenvalue weighted by molar-refractivity contribution is 5.73. The Morgan fingerprint density at radius 1 is 1.03 bits per heavy atom. The van der Waals surface area contributed by atoms with E-state index in [1.54, 1.807) is 0 Å². The Morgan fingerprint density at radius 3 is 2.21 bits per heavy atom. The number of hydrogen-bond acceptors (Lipinski definition) is 10. The van der Waals surface area contributed by atoms with Crippen LogP contribution in [0.5, 0.6) is 0 Å². The van der Waals surface area contributed by atoms with Crippen LogP contribution in [0.1, 0.15) is 6.92 Å². The molecule has 0 spiro atoms. The van der Waals surface area contributed by atoms with E-state index in [4.69, 9.17) is 33.5 Å². The third-order valence-corrected chi connectivity index (χ3v) is 4.42. The summed E-state index contributed by atoms with van der Waals surface area (Å²) in [6.07, 6.45) is -3.37. The molecule has 2 aliphatic rings. The third-order valence-electron chi connectivity index (χ3n) is 4.42. The average Bonchev–Trinajstić information content (AvgIpc) is 3.07. The van der Waals surface area contributed by atoms with E-state index in [9.17, 15) is 19.8 Å². The van der Waals surface area contributed by atoms with Crippen LogP contribution in [-0.2, 0) is 38.0 Å². The molecule has 0 unspecified atom stereocenters. The van der Waals surface area contributed by atoms with Crippen LogP contribution in [0.2, 0.25) is 0 Å². The fraction of sp³-hybridized carbons (Fsp3) is 0.882. The predicted molar refractivity (Wildman–Crippen MR) is 94.1 cm³/mol. The number of rotatable bonds is 14. The molecule has 1 amide bonds. The number of fused-ring (bicyclic) bond motifs is 2. The Balaban J connectivity index is 1.55. The number of carbonyl (C=O) groups excluding carboxylic acids is 1. The summed E-state index contributed by atoms with van der Waals surface area (Å²) in [5.74, 6) is -1.39. The van der Waals surface area contributed by atoms with E-state index in [-0.39, 0.29) is 52.2 Å². The summed E-state index contributed by atoms with van der Waals surface area (Å²) in [6, 6.07) is -0.851. The van der Waals surface area contributed by atoms with Crippen LogP contribution in [0, 0.1) is 0 Å². The fourth-order valence-electron chi connectivity index (χ4n) is 3.03. The van der Waals surface area contributed by atoms with E-state index >= 15 is 0 Å². The highest BCUT2D eigenvalue weighted by Crippen LogP contribution is 2.37. The van der Waals surface area contributed by atoms with Crippen molar-refractivity contribution in [2.75, 3.05) is 59.5 Å². The van der Waals surface area contributed by atoms with Crippen LogP contribution < -0.4 is 5.32 Å². The monoisotopic (exact) mass is 423 g/mol. The van der Waals surface area contributed by atoms with Gasteiger partial charge in [-0.2, -0.15) is 0 Å². The molecule has 0 radical (unpaired) electrons. The molecule has 5 atom stereocenters. The van der Waals surface area contributed by atoms with Gasteiger partial charge in [-0.05, 0) is 0 Å². The number of ether oxygens (including phenoxy) is 6. The van der Waals surface area contributed by atoms with Gasteiger partial charge >= 0.3 is 5.97 Å². The van der Waals surface area contributed by atoms with Crippen molar-refractivity contribution in [2.45, 2.75) is 37.1 Å². The van der Waals surface area contributed by atoms with E-state index in [0.29, 0.717) is 13.2 Å². The molecule has 2 fully saturated rings. The molecule has 2 rings (SSSR count). The van der Waals surface area contributed by atoms with E-state index in [0.717, 1.165) is 0 Å². The second kappa shape index (κ2) is 11.7.